The minimum Gasteiger partial charge on any atom is -0.497 e. The van der Waals surface area contributed by atoms with Gasteiger partial charge in [0.05, 0.1) is 11.6 Å². The van der Waals surface area contributed by atoms with Crippen LogP contribution in [0.1, 0.15) is 6.42 Å². The molecule has 0 aliphatic heterocycles. The molecule has 1 aliphatic rings. The minimum absolute atomic E-state index is 0.579. The molecule has 0 fully saturated rings. The fraction of sp³-hybridized carbons (Fsp3) is 0.214. The summed E-state index contributed by atoms with van der Waals surface area (Å²) in [7, 11) is 1.65. The first-order valence-electron chi connectivity index (χ1n) is 5.45. The predicted octanol–water partition coefficient (Wildman–Crippen LogP) is 3.93. The van der Waals surface area contributed by atoms with E-state index in [0.717, 1.165) is 22.4 Å². The van der Waals surface area contributed by atoms with Crippen molar-refractivity contribution < 1.29 is 9.47 Å². The molecule has 2 rings (SSSR count). The van der Waals surface area contributed by atoms with Crippen LogP contribution >= 0.6 is 15.9 Å². The first-order valence-corrected chi connectivity index (χ1v) is 6.24. The first-order chi connectivity index (χ1) is 8.29. The van der Waals surface area contributed by atoms with Crippen molar-refractivity contribution in [3.8, 4) is 11.5 Å². The Labute approximate surface area is 110 Å². The third kappa shape index (κ3) is 3.37. The molecule has 0 spiro atoms. The lowest BCUT2D eigenvalue weighted by Crippen LogP contribution is -2.02. The third-order valence-electron chi connectivity index (χ3n) is 2.50. The van der Waals surface area contributed by atoms with Crippen LogP contribution in [0.2, 0.25) is 0 Å². The molecule has 0 amide bonds. The van der Waals surface area contributed by atoms with Crippen molar-refractivity contribution in [3.05, 3.63) is 52.9 Å². The molecule has 0 aromatic heterocycles. The number of hydrogen-bond donors (Lipinski definition) is 0. The van der Waals surface area contributed by atoms with E-state index >= 15 is 0 Å². The number of allylic oxidation sites excluding steroid dienone is 2. The molecule has 0 N–H and O–H groups in total. The molecule has 1 radical (unpaired) electrons. The van der Waals surface area contributed by atoms with Crippen molar-refractivity contribution in [1.82, 2.24) is 0 Å². The SMILES string of the molecule is COc1ccc(Br)c(OCC2=CC[CH]C=C2)c1. The van der Waals surface area contributed by atoms with Crippen LogP contribution in [-0.2, 0) is 0 Å². The van der Waals surface area contributed by atoms with Crippen LogP contribution in [0.3, 0.4) is 0 Å². The van der Waals surface area contributed by atoms with E-state index in [9.17, 15) is 0 Å². The smallest absolute Gasteiger partial charge is 0.137 e. The van der Waals surface area contributed by atoms with Gasteiger partial charge in [0, 0.05) is 6.07 Å². The molecule has 3 heteroatoms. The number of ether oxygens (including phenoxy) is 2. The molecule has 17 heavy (non-hydrogen) atoms. The average molecular weight is 294 g/mol. The van der Waals surface area contributed by atoms with E-state index in [1.807, 2.05) is 18.2 Å². The van der Waals surface area contributed by atoms with Crippen LogP contribution in [0.25, 0.3) is 0 Å². The van der Waals surface area contributed by atoms with Crippen LogP contribution in [0.5, 0.6) is 11.5 Å². The van der Waals surface area contributed by atoms with E-state index in [1.165, 1.54) is 5.57 Å². The normalized spacial score (nSPS) is 14.4. The summed E-state index contributed by atoms with van der Waals surface area (Å²) in [5.41, 5.74) is 1.20. The van der Waals surface area contributed by atoms with Gasteiger partial charge < -0.3 is 9.47 Å². The molecule has 1 aromatic carbocycles. The van der Waals surface area contributed by atoms with E-state index < -0.39 is 0 Å². The Balaban J connectivity index is 2.02. The van der Waals surface area contributed by atoms with Crippen molar-refractivity contribution in [2.75, 3.05) is 13.7 Å². The number of rotatable bonds is 4. The largest absolute Gasteiger partial charge is 0.497 e. The Morgan fingerprint density at radius 1 is 1.35 bits per heavy atom. The van der Waals surface area contributed by atoms with Gasteiger partial charge in [-0.05, 0) is 46.5 Å². The standard InChI is InChI=1S/C14H14BrO2/c1-16-12-7-8-13(15)14(9-12)17-10-11-5-3-2-4-6-11/h2-3,5-9H,4,10H2,1H3. The van der Waals surface area contributed by atoms with Crippen LogP contribution in [0.4, 0.5) is 0 Å². The third-order valence-corrected chi connectivity index (χ3v) is 3.15. The highest BCUT2D eigenvalue weighted by atomic mass is 79.9. The van der Waals surface area contributed by atoms with Gasteiger partial charge in [0.15, 0.2) is 0 Å². The molecule has 0 heterocycles. The molecule has 0 unspecified atom stereocenters. The summed E-state index contributed by atoms with van der Waals surface area (Å²) < 4.78 is 11.9. The maximum absolute atomic E-state index is 5.76. The first kappa shape index (κ1) is 12.2. The molecular formula is C14H14BrO2. The summed E-state index contributed by atoms with van der Waals surface area (Å²) in [6.07, 6.45) is 9.38. The molecule has 1 aliphatic carbocycles. The Morgan fingerprint density at radius 2 is 2.24 bits per heavy atom. The molecule has 0 saturated heterocycles. The maximum Gasteiger partial charge on any atom is 0.137 e. The Kier molecular flexibility index (Phi) is 4.26. The fourth-order valence-electron chi connectivity index (χ4n) is 1.55. The number of halogens is 1. The maximum atomic E-state index is 5.76. The van der Waals surface area contributed by atoms with Gasteiger partial charge in [0.2, 0.25) is 0 Å². The summed E-state index contributed by atoms with van der Waals surface area (Å²) in [4.78, 5) is 0. The van der Waals surface area contributed by atoms with Crippen molar-refractivity contribution in [1.29, 1.82) is 0 Å². The number of hydrogen-bond acceptors (Lipinski definition) is 2. The van der Waals surface area contributed by atoms with Gasteiger partial charge in [-0.1, -0.05) is 18.2 Å². The van der Waals surface area contributed by atoms with Crippen molar-refractivity contribution >= 4 is 15.9 Å². The fourth-order valence-corrected chi connectivity index (χ4v) is 1.91. The zero-order valence-electron chi connectivity index (χ0n) is 9.65. The topological polar surface area (TPSA) is 18.5 Å². The predicted molar refractivity (Wildman–Crippen MR) is 72.3 cm³/mol. The highest BCUT2D eigenvalue weighted by Gasteiger charge is 2.05. The monoisotopic (exact) mass is 293 g/mol. The lowest BCUT2D eigenvalue weighted by Gasteiger charge is -2.11. The summed E-state index contributed by atoms with van der Waals surface area (Å²) >= 11 is 3.46. The number of benzene rings is 1. The van der Waals surface area contributed by atoms with Crippen LogP contribution in [0.15, 0.2) is 46.5 Å². The Bertz CT molecular complexity index is 450. The lowest BCUT2D eigenvalue weighted by molar-refractivity contribution is 0.347. The molecular weight excluding hydrogens is 280 g/mol. The van der Waals surface area contributed by atoms with Crippen molar-refractivity contribution in [2.24, 2.45) is 0 Å². The van der Waals surface area contributed by atoms with Gasteiger partial charge in [0.1, 0.15) is 18.1 Å². The average Bonchev–Trinajstić information content (AvgIpc) is 2.39. The Morgan fingerprint density at radius 3 is 2.94 bits per heavy atom. The van der Waals surface area contributed by atoms with Gasteiger partial charge in [-0.3, -0.25) is 0 Å². The molecule has 2 nitrogen and oxygen atoms in total. The zero-order valence-corrected chi connectivity index (χ0v) is 11.2. The molecule has 89 valence electrons. The van der Waals surface area contributed by atoms with Gasteiger partial charge in [-0.15, -0.1) is 0 Å². The van der Waals surface area contributed by atoms with Crippen LogP contribution in [-0.4, -0.2) is 13.7 Å². The number of methoxy groups -OCH3 is 1. The summed E-state index contributed by atoms with van der Waals surface area (Å²) in [5, 5.41) is 0. The van der Waals surface area contributed by atoms with Gasteiger partial charge in [0.25, 0.3) is 0 Å². The van der Waals surface area contributed by atoms with E-state index in [0.29, 0.717) is 6.61 Å². The van der Waals surface area contributed by atoms with Gasteiger partial charge >= 0.3 is 0 Å². The highest BCUT2D eigenvalue weighted by Crippen LogP contribution is 2.29. The van der Waals surface area contributed by atoms with E-state index in [-0.39, 0.29) is 0 Å². The second kappa shape index (κ2) is 5.92. The van der Waals surface area contributed by atoms with Crippen LogP contribution < -0.4 is 9.47 Å². The highest BCUT2D eigenvalue weighted by molar-refractivity contribution is 9.10. The molecule has 0 atom stereocenters. The van der Waals surface area contributed by atoms with E-state index in [2.05, 4.69) is 40.6 Å². The second-order valence-electron chi connectivity index (χ2n) is 3.69. The van der Waals surface area contributed by atoms with E-state index in [4.69, 9.17) is 9.47 Å². The summed E-state index contributed by atoms with van der Waals surface area (Å²) in [6, 6.07) is 5.70. The summed E-state index contributed by atoms with van der Waals surface area (Å²) in [5.74, 6) is 1.60. The lowest BCUT2D eigenvalue weighted by atomic mass is 10.1. The molecule has 0 bridgehead atoms. The van der Waals surface area contributed by atoms with E-state index in [1.54, 1.807) is 7.11 Å². The molecule has 0 saturated carbocycles. The summed E-state index contributed by atoms with van der Waals surface area (Å²) in [6.45, 7) is 0.579. The van der Waals surface area contributed by atoms with Gasteiger partial charge in [-0.2, -0.15) is 0 Å². The minimum atomic E-state index is 0.579. The Hall–Kier alpha value is -1.22. The van der Waals surface area contributed by atoms with Crippen molar-refractivity contribution in [2.45, 2.75) is 6.42 Å². The zero-order chi connectivity index (χ0) is 12.1. The van der Waals surface area contributed by atoms with Gasteiger partial charge in [-0.25, -0.2) is 0 Å². The van der Waals surface area contributed by atoms with Crippen molar-refractivity contribution in [3.63, 3.8) is 0 Å². The second-order valence-corrected chi connectivity index (χ2v) is 4.55. The molecule has 1 aromatic rings. The van der Waals surface area contributed by atoms with Crippen LogP contribution in [0, 0.1) is 6.42 Å². The quantitative estimate of drug-likeness (QED) is 0.837.